The van der Waals surface area contributed by atoms with Crippen molar-refractivity contribution < 1.29 is 27.1 Å². The summed E-state index contributed by atoms with van der Waals surface area (Å²) in [5.74, 6) is -0.876. The molecule has 2 aromatic carbocycles. The second-order valence-corrected chi connectivity index (χ2v) is 9.51. The van der Waals surface area contributed by atoms with Gasteiger partial charge in [0.15, 0.2) is 0 Å². The van der Waals surface area contributed by atoms with Crippen LogP contribution in [0.5, 0.6) is 0 Å². The van der Waals surface area contributed by atoms with E-state index in [0.29, 0.717) is 50.8 Å². The molecular weight excluding hydrogens is 437 g/mol. The number of carbonyl (C=O) groups is 1. The summed E-state index contributed by atoms with van der Waals surface area (Å²) in [6, 6.07) is 10.8. The van der Waals surface area contributed by atoms with Gasteiger partial charge in [0.1, 0.15) is 5.82 Å². The summed E-state index contributed by atoms with van der Waals surface area (Å²) in [7, 11) is -3.77. The number of hydrogen-bond acceptors (Lipinski definition) is 6. The highest BCUT2D eigenvalue weighted by molar-refractivity contribution is 7.89. The van der Waals surface area contributed by atoms with Gasteiger partial charge in [0.05, 0.1) is 36.9 Å². The van der Waals surface area contributed by atoms with Crippen LogP contribution < -0.4 is 10.2 Å². The number of amides is 1. The number of nitrogens with zero attached hydrogens (tertiary/aromatic N) is 2. The van der Waals surface area contributed by atoms with E-state index < -0.39 is 21.7 Å². The average Bonchev–Trinajstić information content (AvgIpc) is 2.84. The highest BCUT2D eigenvalue weighted by Crippen LogP contribution is 2.27. The number of halogens is 1. The highest BCUT2D eigenvalue weighted by Gasteiger charge is 2.29. The van der Waals surface area contributed by atoms with Crippen molar-refractivity contribution in [2.24, 2.45) is 0 Å². The van der Waals surface area contributed by atoms with Crippen molar-refractivity contribution in [3.63, 3.8) is 0 Å². The maximum Gasteiger partial charge on any atom is 0.253 e. The third kappa shape index (κ3) is 4.93. The van der Waals surface area contributed by atoms with Gasteiger partial charge < -0.3 is 19.7 Å². The lowest BCUT2D eigenvalue weighted by Gasteiger charge is -2.31. The molecule has 2 aliphatic rings. The number of carbonyl (C=O) groups excluding carboxylic acids is 1. The normalized spacial score (nSPS) is 17.8. The van der Waals surface area contributed by atoms with Gasteiger partial charge in [0.25, 0.3) is 5.91 Å². The minimum atomic E-state index is -3.77. The molecule has 0 radical (unpaired) electrons. The average molecular weight is 464 g/mol. The monoisotopic (exact) mass is 463 g/mol. The maximum atomic E-state index is 14.0. The van der Waals surface area contributed by atoms with Crippen LogP contribution in [-0.4, -0.2) is 71.2 Å². The molecule has 2 saturated heterocycles. The number of rotatable bonds is 6. The van der Waals surface area contributed by atoms with Gasteiger partial charge in [0, 0.05) is 44.0 Å². The lowest BCUT2D eigenvalue weighted by atomic mass is 10.1. The van der Waals surface area contributed by atoms with Gasteiger partial charge in [-0.1, -0.05) is 18.2 Å². The maximum absolute atomic E-state index is 14.0. The molecule has 2 heterocycles. The largest absolute Gasteiger partial charge is 0.379 e. The predicted octanol–water partition coefficient (Wildman–Crippen LogP) is 1.61. The summed E-state index contributed by atoms with van der Waals surface area (Å²) in [5, 5.41) is 2.73. The SMILES string of the molecule is O=C(NCc1ccccc1F)c1cc(S(=O)(=O)N2CCOCC2)ccc1N1CCOCC1. The van der Waals surface area contributed by atoms with Crippen LogP contribution in [0, 0.1) is 5.82 Å². The number of ether oxygens (including phenoxy) is 2. The van der Waals surface area contributed by atoms with Crippen LogP contribution in [0.3, 0.4) is 0 Å². The van der Waals surface area contributed by atoms with E-state index >= 15 is 0 Å². The molecule has 8 nitrogen and oxygen atoms in total. The second-order valence-electron chi connectivity index (χ2n) is 7.57. The Kier molecular flexibility index (Phi) is 7.04. The molecule has 2 fully saturated rings. The first kappa shape index (κ1) is 22.7. The van der Waals surface area contributed by atoms with Crippen molar-refractivity contribution in [2.75, 3.05) is 57.5 Å². The van der Waals surface area contributed by atoms with Gasteiger partial charge in [0.2, 0.25) is 10.0 Å². The molecule has 1 N–H and O–H groups in total. The van der Waals surface area contributed by atoms with Crippen LogP contribution in [0.15, 0.2) is 47.4 Å². The minimum absolute atomic E-state index is 0.00546. The first-order chi connectivity index (χ1) is 15.5. The molecule has 0 saturated carbocycles. The summed E-state index contributed by atoms with van der Waals surface area (Å²) >= 11 is 0. The first-order valence-corrected chi connectivity index (χ1v) is 12.0. The van der Waals surface area contributed by atoms with Gasteiger partial charge in [-0.25, -0.2) is 12.8 Å². The Morgan fingerprint density at radius 3 is 2.31 bits per heavy atom. The molecule has 0 spiro atoms. The van der Waals surface area contributed by atoms with E-state index in [2.05, 4.69) is 5.32 Å². The molecular formula is C22H26FN3O5S. The fraction of sp³-hybridized carbons (Fsp3) is 0.409. The number of anilines is 1. The van der Waals surface area contributed by atoms with Crippen molar-refractivity contribution in [3.8, 4) is 0 Å². The Balaban J connectivity index is 1.64. The number of sulfonamides is 1. The lowest BCUT2D eigenvalue weighted by Crippen LogP contribution is -2.41. The van der Waals surface area contributed by atoms with Gasteiger partial charge in [-0.3, -0.25) is 4.79 Å². The second kappa shape index (κ2) is 9.95. The van der Waals surface area contributed by atoms with E-state index in [-0.39, 0.29) is 30.1 Å². The Morgan fingerprint density at radius 2 is 1.62 bits per heavy atom. The molecule has 2 aromatic rings. The van der Waals surface area contributed by atoms with Gasteiger partial charge in [-0.15, -0.1) is 0 Å². The standard InChI is InChI=1S/C22H26FN3O5S/c23-20-4-2-1-3-17(20)16-24-22(27)19-15-18(32(28,29)26-9-13-31-14-10-26)5-6-21(19)25-7-11-30-12-8-25/h1-6,15H,7-14,16H2,(H,24,27). The molecule has 10 heteroatoms. The minimum Gasteiger partial charge on any atom is -0.379 e. The fourth-order valence-electron chi connectivity index (χ4n) is 3.79. The molecule has 0 bridgehead atoms. The fourth-order valence-corrected chi connectivity index (χ4v) is 5.22. The molecule has 0 unspecified atom stereocenters. The molecule has 0 aromatic heterocycles. The zero-order valence-corrected chi connectivity index (χ0v) is 18.4. The van der Waals surface area contributed by atoms with Crippen LogP contribution in [0.25, 0.3) is 0 Å². The quantitative estimate of drug-likeness (QED) is 0.701. The third-order valence-electron chi connectivity index (χ3n) is 5.57. The summed E-state index contributed by atoms with van der Waals surface area (Å²) in [5.41, 5.74) is 1.21. The third-order valence-corrected chi connectivity index (χ3v) is 7.46. The number of hydrogen-bond donors (Lipinski definition) is 1. The van der Waals surface area contributed by atoms with Crippen LogP contribution in [0.4, 0.5) is 10.1 Å². The number of benzene rings is 2. The topological polar surface area (TPSA) is 88.2 Å². The molecule has 32 heavy (non-hydrogen) atoms. The lowest BCUT2D eigenvalue weighted by molar-refractivity contribution is 0.0730. The molecule has 0 atom stereocenters. The van der Waals surface area contributed by atoms with E-state index in [1.165, 1.54) is 22.5 Å². The molecule has 172 valence electrons. The summed E-state index contributed by atoms with van der Waals surface area (Å²) in [6.07, 6.45) is 0. The van der Waals surface area contributed by atoms with Crippen LogP contribution in [-0.2, 0) is 26.0 Å². The van der Waals surface area contributed by atoms with Crippen molar-refractivity contribution >= 4 is 21.6 Å². The Labute approximate surface area is 187 Å². The zero-order valence-electron chi connectivity index (χ0n) is 17.6. The predicted molar refractivity (Wildman–Crippen MR) is 117 cm³/mol. The number of morpholine rings is 2. The van der Waals surface area contributed by atoms with E-state index in [1.54, 1.807) is 24.3 Å². The molecule has 0 aliphatic carbocycles. The van der Waals surface area contributed by atoms with Crippen LogP contribution in [0.2, 0.25) is 0 Å². The molecule has 1 amide bonds. The van der Waals surface area contributed by atoms with E-state index in [0.717, 1.165) is 0 Å². The van der Waals surface area contributed by atoms with Gasteiger partial charge in [-0.2, -0.15) is 4.31 Å². The molecule has 4 rings (SSSR count). The smallest absolute Gasteiger partial charge is 0.253 e. The summed E-state index contributed by atoms with van der Waals surface area (Å²) in [6.45, 7) is 3.40. The highest BCUT2D eigenvalue weighted by atomic mass is 32.2. The van der Waals surface area contributed by atoms with Gasteiger partial charge in [-0.05, 0) is 24.3 Å². The van der Waals surface area contributed by atoms with Crippen molar-refractivity contribution in [3.05, 3.63) is 59.4 Å². The summed E-state index contributed by atoms with van der Waals surface area (Å²) in [4.78, 5) is 15.2. The van der Waals surface area contributed by atoms with Gasteiger partial charge >= 0.3 is 0 Å². The van der Waals surface area contributed by atoms with E-state index in [1.807, 2.05) is 4.90 Å². The van der Waals surface area contributed by atoms with Crippen molar-refractivity contribution in [1.82, 2.24) is 9.62 Å². The van der Waals surface area contributed by atoms with E-state index in [9.17, 15) is 17.6 Å². The van der Waals surface area contributed by atoms with Crippen LogP contribution in [0.1, 0.15) is 15.9 Å². The van der Waals surface area contributed by atoms with Crippen molar-refractivity contribution in [2.45, 2.75) is 11.4 Å². The molecule has 2 aliphatic heterocycles. The van der Waals surface area contributed by atoms with Crippen molar-refractivity contribution in [1.29, 1.82) is 0 Å². The Morgan fingerprint density at radius 1 is 0.969 bits per heavy atom. The Hall–Kier alpha value is -2.53. The number of nitrogens with one attached hydrogen (secondary N) is 1. The Bertz CT molecular complexity index is 1070. The van der Waals surface area contributed by atoms with Crippen LogP contribution >= 0.6 is 0 Å². The first-order valence-electron chi connectivity index (χ1n) is 10.5. The van der Waals surface area contributed by atoms with E-state index in [4.69, 9.17) is 9.47 Å². The summed E-state index contributed by atoms with van der Waals surface area (Å²) < 4.78 is 52.2. The zero-order chi connectivity index (χ0) is 22.6.